The van der Waals surface area contributed by atoms with Gasteiger partial charge in [0.1, 0.15) is 11.8 Å². The van der Waals surface area contributed by atoms with Crippen LogP contribution in [0.3, 0.4) is 0 Å². The zero-order valence-electron chi connectivity index (χ0n) is 17.4. The molecule has 0 spiro atoms. The van der Waals surface area contributed by atoms with E-state index in [9.17, 15) is 4.79 Å². The fraction of sp³-hybridized carbons (Fsp3) is 0.417. The molecule has 2 aliphatic rings. The number of likely N-dealkylation sites (N-methyl/N-ethyl adjacent to an activating group) is 1. The first-order valence-electron chi connectivity index (χ1n) is 10.7. The van der Waals surface area contributed by atoms with E-state index in [4.69, 9.17) is 9.72 Å². The largest absolute Gasteiger partial charge is 0.366 e. The number of hydrogen-bond acceptors (Lipinski definition) is 4. The average molecular weight is 405 g/mol. The smallest absolute Gasteiger partial charge is 0.253 e. The minimum Gasteiger partial charge on any atom is -0.366 e. The maximum atomic E-state index is 13.1. The molecule has 0 aliphatic carbocycles. The van der Waals surface area contributed by atoms with Crippen LogP contribution in [-0.4, -0.2) is 71.0 Å². The third-order valence-corrected chi connectivity index (χ3v) is 6.65. The molecule has 0 saturated carbocycles. The SMILES string of the molecule is CN1CCOC(C(=O)N2CCC(c3ccccc3)(c3cn4ccccc4n3)CC2)C1. The molecule has 1 atom stereocenters. The summed E-state index contributed by atoms with van der Waals surface area (Å²) >= 11 is 0. The Morgan fingerprint density at radius 2 is 1.83 bits per heavy atom. The molecule has 0 bridgehead atoms. The summed E-state index contributed by atoms with van der Waals surface area (Å²) in [7, 11) is 2.04. The third kappa shape index (κ3) is 3.40. The van der Waals surface area contributed by atoms with Gasteiger partial charge in [0.05, 0.1) is 12.3 Å². The summed E-state index contributed by atoms with van der Waals surface area (Å²) in [5, 5.41) is 0. The van der Waals surface area contributed by atoms with Crippen molar-refractivity contribution in [2.45, 2.75) is 24.4 Å². The van der Waals surface area contributed by atoms with Crippen molar-refractivity contribution in [3.05, 3.63) is 72.2 Å². The standard InChI is InChI=1S/C24H28N4O2/c1-26-15-16-30-20(17-26)23(29)27-13-10-24(11-14-27,19-7-3-2-4-8-19)21-18-28-12-6-5-9-22(28)25-21/h2-9,12,18,20H,10-11,13-17H2,1H3. The van der Waals surface area contributed by atoms with Crippen molar-refractivity contribution in [1.29, 1.82) is 0 Å². The summed E-state index contributed by atoms with van der Waals surface area (Å²) in [5.74, 6) is 0.123. The molecule has 3 aromatic rings. The molecule has 2 aliphatic heterocycles. The molecule has 0 N–H and O–H groups in total. The van der Waals surface area contributed by atoms with Gasteiger partial charge in [-0.1, -0.05) is 36.4 Å². The van der Waals surface area contributed by atoms with E-state index in [0.29, 0.717) is 26.2 Å². The van der Waals surface area contributed by atoms with E-state index in [-0.39, 0.29) is 17.4 Å². The Morgan fingerprint density at radius 1 is 1.07 bits per heavy atom. The Morgan fingerprint density at radius 3 is 2.57 bits per heavy atom. The lowest BCUT2D eigenvalue weighted by molar-refractivity contribution is -0.150. The van der Waals surface area contributed by atoms with Crippen LogP contribution in [0.4, 0.5) is 0 Å². The summed E-state index contributed by atoms with van der Waals surface area (Å²) in [6, 6.07) is 16.7. The molecule has 1 amide bonds. The number of hydrogen-bond donors (Lipinski definition) is 0. The number of carbonyl (C=O) groups excluding carboxylic acids is 1. The molecule has 2 fully saturated rings. The first-order chi connectivity index (χ1) is 14.7. The fourth-order valence-corrected chi connectivity index (χ4v) is 4.85. The molecule has 0 radical (unpaired) electrons. The van der Waals surface area contributed by atoms with Gasteiger partial charge in [0.2, 0.25) is 0 Å². The summed E-state index contributed by atoms with van der Waals surface area (Å²) in [6.07, 6.45) is 5.56. The van der Waals surface area contributed by atoms with Gasteiger partial charge in [0.25, 0.3) is 5.91 Å². The van der Waals surface area contributed by atoms with Crippen LogP contribution in [0.2, 0.25) is 0 Å². The number of likely N-dealkylation sites (tertiary alicyclic amines) is 1. The zero-order chi connectivity index (χ0) is 20.6. The average Bonchev–Trinajstić information content (AvgIpc) is 3.24. The van der Waals surface area contributed by atoms with Gasteiger partial charge < -0.3 is 18.9 Å². The van der Waals surface area contributed by atoms with Gasteiger partial charge in [-0.25, -0.2) is 4.98 Å². The van der Waals surface area contributed by atoms with Gasteiger partial charge in [-0.05, 0) is 37.6 Å². The van der Waals surface area contributed by atoms with E-state index < -0.39 is 0 Å². The maximum Gasteiger partial charge on any atom is 0.253 e. The quantitative estimate of drug-likeness (QED) is 0.673. The second-order valence-electron chi connectivity index (χ2n) is 8.49. The Bertz CT molecular complexity index is 991. The van der Waals surface area contributed by atoms with Gasteiger partial charge >= 0.3 is 0 Å². The van der Waals surface area contributed by atoms with Crippen molar-refractivity contribution in [3.8, 4) is 0 Å². The zero-order valence-corrected chi connectivity index (χ0v) is 17.4. The van der Waals surface area contributed by atoms with Crippen LogP contribution < -0.4 is 0 Å². The second-order valence-corrected chi connectivity index (χ2v) is 8.49. The van der Waals surface area contributed by atoms with E-state index in [1.165, 1.54) is 5.56 Å². The third-order valence-electron chi connectivity index (χ3n) is 6.65. The van der Waals surface area contributed by atoms with E-state index in [0.717, 1.165) is 30.7 Å². The van der Waals surface area contributed by atoms with Crippen LogP contribution in [0.5, 0.6) is 0 Å². The molecule has 6 nitrogen and oxygen atoms in total. The van der Waals surface area contributed by atoms with Gasteiger partial charge in [0.15, 0.2) is 0 Å². The first-order valence-corrected chi connectivity index (χ1v) is 10.7. The molecular weight excluding hydrogens is 376 g/mol. The Kier molecular flexibility index (Phi) is 5.05. The molecule has 1 unspecified atom stereocenters. The van der Waals surface area contributed by atoms with Crippen LogP contribution in [-0.2, 0) is 14.9 Å². The molecule has 156 valence electrons. The predicted molar refractivity (Wildman–Crippen MR) is 115 cm³/mol. The number of amides is 1. The van der Waals surface area contributed by atoms with E-state index in [1.54, 1.807) is 0 Å². The minimum atomic E-state index is -0.344. The van der Waals surface area contributed by atoms with Crippen LogP contribution in [0, 0.1) is 0 Å². The first kappa shape index (κ1) is 19.3. The Hall–Kier alpha value is -2.70. The lowest BCUT2D eigenvalue weighted by Gasteiger charge is -2.43. The lowest BCUT2D eigenvalue weighted by atomic mass is 9.70. The number of carbonyl (C=O) groups is 1. The second kappa shape index (κ2) is 7.85. The van der Waals surface area contributed by atoms with Crippen molar-refractivity contribution < 1.29 is 9.53 Å². The molecule has 1 aromatic carbocycles. The number of piperidine rings is 1. The fourth-order valence-electron chi connectivity index (χ4n) is 4.85. The summed E-state index contributed by atoms with van der Waals surface area (Å²) < 4.78 is 7.86. The number of imidazole rings is 1. The van der Waals surface area contributed by atoms with Crippen molar-refractivity contribution >= 4 is 11.6 Å². The molecule has 5 rings (SSSR count). The van der Waals surface area contributed by atoms with Gasteiger partial charge in [0, 0.05) is 44.0 Å². The van der Waals surface area contributed by atoms with E-state index in [1.807, 2.05) is 36.3 Å². The summed E-state index contributed by atoms with van der Waals surface area (Å²) in [5.41, 5.74) is 3.13. The van der Waals surface area contributed by atoms with Crippen LogP contribution in [0.25, 0.3) is 5.65 Å². The number of nitrogens with zero attached hydrogens (tertiary/aromatic N) is 4. The van der Waals surface area contributed by atoms with Crippen LogP contribution in [0.1, 0.15) is 24.1 Å². The van der Waals surface area contributed by atoms with E-state index in [2.05, 4.69) is 45.8 Å². The van der Waals surface area contributed by atoms with Crippen molar-refractivity contribution in [2.75, 3.05) is 39.8 Å². The van der Waals surface area contributed by atoms with Crippen molar-refractivity contribution in [2.24, 2.45) is 0 Å². The van der Waals surface area contributed by atoms with E-state index >= 15 is 0 Å². The number of fused-ring (bicyclic) bond motifs is 1. The topological polar surface area (TPSA) is 50.1 Å². The van der Waals surface area contributed by atoms with Crippen LogP contribution in [0.15, 0.2) is 60.9 Å². The number of rotatable bonds is 3. The lowest BCUT2D eigenvalue weighted by Crippen LogP contribution is -2.53. The highest BCUT2D eigenvalue weighted by Crippen LogP contribution is 2.41. The van der Waals surface area contributed by atoms with Gasteiger partial charge in [-0.15, -0.1) is 0 Å². The summed E-state index contributed by atoms with van der Waals surface area (Å²) in [6.45, 7) is 3.60. The van der Waals surface area contributed by atoms with Gasteiger partial charge in [-0.3, -0.25) is 4.79 Å². The number of morpholine rings is 1. The highest BCUT2D eigenvalue weighted by molar-refractivity contribution is 5.81. The van der Waals surface area contributed by atoms with Gasteiger partial charge in [-0.2, -0.15) is 0 Å². The molecular formula is C24H28N4O2. The minimum absolute atomic E-state index is 0.123. The van der Waals surface area contributed by atoms with Crippen LogP contribution >= 0.6 is 0 Å². The number of benzene rings is 1. The van der Waals surface area contributed by atoms with Crippen molar-refractivity contribution in [3.63, 3.8) is 0 Å². The number of aromatic nitrogens is 2. The Labute approximate surface area is 177 Å². The normalized spacial score (nSPS) is 22.3. The van der Waals surface area contributed by atoms with Crippen molar-refractivity contribution in [1.82, 2.24) is 19.2 Å². The highest BCUT2D eigenvalue weighted by atomic mass is 16.5. The maximum absolute atomic E-state index is 13.1. The molecule has 2 saturated heterocycles. The molecule has 6 heteroatoms. The molecule has 2 aromatic heterocycles. The predicted octanol–water partition coefficient (Wildman–Crippen LogP) is 2.57. The molecule has 30 heavy (non-hydrogen) atoms. The molecule has 4 heterocycles. The Balaban J connectivity index is 1.43. The highest BCUT2D eigenvalue weighted by Gasteiger charge is 2.42. The number of ether oxygens (including phenoxy) is 1. The number of pyridine rings is 1. The monoisotopic (exact) mass is 404 g/mol. The summed E-state index contributed by atoms with van der Waals surface area (Å²) in [4.78, 5) is 22.2.